The molecule has 1 rings (SSSR count). The van der Waals surface area contributed by atoms with Crippen molar-refractivity contribution in [3.63, 3.8) is 0 Å². The summed E-state index contributed by atoms with van der Waals surface area (Å²) < 4.78 is 0. The molecule has 0 saturated carbocycles. The number of hydrogen-bond donors (Lipinski definition) is 1. The summed E-state index contributed by atoms with van der Waals surface area (Å²) in [4.78, 5) is 10.9. The molecule has 0 spiro atoms. The second-order valence-corrected chi connectivity index (χ2v) is 3.51. The number of nitrogens with one attached hydrogen (secondary N) is 1. The predicted octanol–water partition coefficient (Wildman–Crippen LogP) is 2.86. The minimum atomic E-state index is -0.0439. The van der Waals surface area contributed by atoms with Gasteiger partial charge in [-0.25, -0.2) is 0 Å². The van der Waals surface area contributed by atoms with E-state index in [4.69, 9.17) is 0 Å². The average Bonchev–Trinajstić information content (AvgIpc) is 2.12. The molecule has 0 fully saturated rings. The van der Waals surface area contributed by atoms with Crippen LogP contribution in [0.1, 0.15) is 26.7 Å². The summed E-state index contributed by atoms with van der Waals surface area (Å²) in [5.41, 5.74) is 2.14. The fourth-order valence-electron chi connectivity index (χ4n) is 1.40. The van der Waals surface area contributed by atoms with Gasteiger partial charge in [0.1, 0.15) is 0 Å². The Labute approximate surface area is 91.1 Å². The van der Waals surface area contributed by atoms with Crippen LogP contribution in [0.5, 0.6) is 0 Å². The molecule has 0 unspecified atom stereocenters. The van der Waals surface area contributed by atoms with Crippen LogP contribution >= 0.6 is 0 Å². The van der Waals surface area contributed by atoms with Crippen LogP contribution in [-0.2, 0) is 4.79 Å². The molecule has 0 heterocycles. The molecule has 2 nitrogen and oxygen atoms in total. The molecule has 0 aromatic rings. The highest BCUT2D eigenvalue weighted by Gasteiger charge is 1.95. The van der Waals surface area contributed by atoms with Crippen LogP contribution in [0.25, 0.3) is 0 Å². The molecule has 15 heavy (non-hydrogen) atoms. The van der Waals surface area contributed by atoms with Gasteiger partial charge in [0, 0.05) is 12.6 Å². The van der Waals surface area contributed by atoms with Crippen LogP contribution in [0.15, 0.2) is 47.7 Å². The third-order valence-corrected chi connectivity index (χ3v) is 2.03. The summed E-state index contributed by atoms with van der Waals surface area (Å²) >= 11 is 0. The quantitative estimate of drug-likeness (QED) is 0.750. The lowest BCUT2D eigenvalue weighted by Crippen LogP contribution is -2.17. The number of allylic oxidation sites excluding steroid dienone is 7. The highest BCUT2D eigenvalue weighted by Crippen LogP contribution is 2.09. The van der Waals surface area contributed by atoms with E-state index < -0.39 is 0 Å². The number of amides is 1. The Bertz CT molecular complexity index is 346. The van der Waals surface area contributed by atoms with Crippen molar-refractivity contribution in [2.75, 3.05) is 0 Å². The monoisotopic (exact) mass is 203 g/mol. The summed E-state index contributed by atoms with van der Waals surface area (Å²) in [6.45, 7) is 3.67. The van der Waals surface area contributed by atoms with Gasteiger partial charge in [-0.15, -0.1) is 0 Å². The minimum absolute atomic E-state index is 0.0439. The topological polar surface area (TPSA) is 29.1 Å². The SMILES string of the molecule is CCCC1=C/C=C\C(NC(C)=O)=C/C=C\1. The molecule has 2 heteroatoms. The van der Waals surface area contributed by atoms with Gasteiger partial charge < -0.3 is 5.32 Å². The van der Waals surface area contributed by atoms with Crippen LogP contribution < -0.4 is 5.32 Å². The van der Waals surface area contributed by atoms with E-state index in [-0.39, 0.29) is 5.91 Å². The Balaban J connectivity index is 2.68. The van der Waals surface area contributed by atoms with E-state index in [1.54, 1.807) is 0 Å². The van der Waals surface area contributed by atoms with Gasteiger partial charge in [-0.2, -0.15) is 0 Å². The largest absolute Gasteiger partial charge is 0.326 e. The van der Waals surface area contributed by atoms with E-state index >= 15 is 0 Å². The summed E-state index contributed by atoms with van der Waals surface area (Å²) in [5, 5.41) is 2.75. The zero-order valence-corrected chi connectivity index (χ0v) is 9.29. The molecule has 1 N–H and O–H groups in total. The molecule has 0 aliphatic heterocycles. The van der Waals surface area contributed by atoms with Crippen molar-refractivity contribution in [2.24, 2.45) is 0 Å². The predicted molar refractivity (Wildman–Crippen MR) is 63.2 cm³/mol. The highest BCUT2D eigenvalue weighted by atomic mass is 16.1. The second kappa shape index (κ2) is 6.02. The number of hydrogen-bond acceptors (Lipinski definition) is 1. The van der Waals surface area contributed by atoms with Crippen molar-refractivity contribution >= 4 is 5.91 Å². The smallest absolute Gasteiger partial charge is 0.221 e. The Morgan fingerprint density at radius 3 is 2.67 bits per heavy atom. The maximum absolute atomic E-state index is 10.9. The summed E-state index contributed by atoms with van der Waals surface area (Å²) in [6, 6.07) is 0. The van der Waals surface area contributed by atoms with E-state index in [1.807, 2.05) is 24.3 Å². The molecule has 0 aromatic heterocycles. The third kappa shape index (κ3) is 4.45. The van der Waals surface area contributed by atoms with Crippen LogP contribution in [0.3, 0.4) is 0 Å². The normalized spacial score (nSPS) is 26.3. The Morgan fingerprint density at radius 1 is 1.27 bits per heavy atom. The van der Waals surface area contributed by atoms with E-state index in [1.165, 1.54) is 12.5 Å². The van der Waals surface area contributed by atoms with Crippen LogP contribution in [0.2, 0.25) is 0 Å². The van der Waals surface area contributed by atoms with Gasteiger partial charge in [0.15, 0.2) is 0 Å². The maximum atomic E-state index is 10.9. The summed E-state index contributed by atoms with van der Waals surface area (Å²) in [5.74, 6) is -0.0439. The van der Waals surface area contributed by atoms with Crippen molar-refractivity contribution < 1.29 is 4.79 Å². The Morgan fingerprint density at radius 2 is 2.00 bits per heavy atom. The minimum Gasteiger partial charge on any atom is -0.326 e. The molecule has 1 aliphatic rings. The fraction of sp³-hybridized carbons (Fsp3) is 0.308. The average molecular weight is 203 g/mol. The molecular formula is C13H17NO. The third-order valence-electron chi connectivity index (χ3n) is 2.03. The van der Waals surface area contributed by atoms with Gasteiger partial charge in [-0.1, -0.05) is 37.6 Å². The fourth-order valence-corrected chi connectivity index (χ4v) is 1.40. The maximum Gasteiger partial charge on any atom is 0.221 e. The van der Waals surface area contributed by atoms with Gasteiger partial charge in [-0.05, 0) is 24.1 Å². The summed E-state index contributed by atoms with van der Waals surface area (Å²) in [7, 11) is 0. The first kappa shape index (κ1) is 11.5. The van der Waals surface area contributed by atoms with Crippen molar-refractivity contribution in [1.29, 1.82) is 0 Å². The zero-order valence-electron chi connectivity index (χ0n) is 9.29. The van der Waals surface area contributed by atoms with Gasteiger partial charge in [0.2, 0.25) is 5.91 Å². The first-order valence-corrected chi connectivity index (χ1v) is 5.25. The lowest BCUT2D eigenvalue weighted by atomic mass is 10.1. The second-order valence-electron chi connectivity index (χ2n) is 3.51. The number of carbonyl (C=O) groups excluding carboxylic acids is 1. The molecule has 0 aromatic carbocycles. The van der Waals surface area contributed by atoms with Crippen LogP contribution in [0, 0.1) is 0 Å². The van der Waals surface area contributed by atoms with Gasteiger partial charge in [0.25, 0.3) is 0 Å². The molecule has 1 aliphatic carbocycles. The van der Waals surface area contributed by atoms with E-state index in [0.29, 0.717) is 0 Å². The van der Waals surface area contributed by atoms with Crippen molar-refractivity contribution in [1.82, 2.24) is 5.32 Å². The van der Waals surface area contributed by atoms with Gasteiger partial charge >= 0.3 is 0 Å². The molecule has 80 valence electrons. The number of rotatable bonds is 3. The molecule has 1 amide bonds. The molecule has 0 atom stereocenters. The molecule has 0 radical (unpaired) electrons. The van der Waals surface area contributed by atoms with E-state index in [0.717, 1.165) is 18.5 Å². The van der Waals surface area contributed by atoms with Crippen LogP contribution in [-0.4, -0.2) is 5.91 Å². The first-order chi connectivity index (χ1) is 7.22. The summed E-state index contributed by atoms with van der Waals surface area (Å²) in [6.07, 6.45) is 14.1. The standard InChI is InChI=1S/C13H17NO/c1-3-6-12-7-4-9-13(10-5-8-12)14-11(2)15/h4-5,7-10H,3,6H2,1-2H3,(H,14,15)/b7-4-,8-5?,9-4?,10-5-,12-7?,12-8-,13-9+,13-10?. The van der Waals surface area contributed by atoms with Crippen molar-refractivity contribution in [3.05, 3.63) is 47.7 Å². The Hall–Kier alpha value is -1.57. The lowest BCUT2D eigenvalue weighted by molar-refractivity contribution is -0.118. The zero-order chi connectivity index (χ0) is 11.1. The van der Waals surface area contributed by atoms with E-state index in [9.17, 15) is 4.79 Å². The highest BCUT2D eigenvalue weighted by molar-refractivity contribution is 5.75. The van der Waals surface area contributed by atoms with Gasteiger partial charge in [0.05, 0.1) is 0 Å². The van der Waals surface area contributed by atoms with Gasteiger partial charge in [-0.3, -0.25) is 4.79 Å². The van der Waals surface area contributed by atoms with Crippen molar-refractivity contribution in [2.45, 2.75) is 26.7 Å². The van der Waals surface area contributed by atoms with Crippen molar-refractivity contribution in [3.8, 4) is 0 Å². The first-order valence-electron chi connectivity index (χ1n) is 5.25. The Kier molecular flexibility index (Phi) is 4.61. The molecule has 0 saturated heterocycles. The number of carbonyl (C=O) groups is 1. The molecule has 0 bridgehead atoms. The van der Waals surface area contributed by atoms with Crippen LogP contribution in [0.4, 0.5) is 0 Å². The van der Waals surface area contributed by atoms with E-state index in [2.05, 4.69) is 24.4 Å². The molecular weight excluding hydrogens is 186 g/mol. The lowest BCUT2D eigenvalue weighted by Gasteiger charge is -2.04.